The molecule has 0 fully saturated rings. The van der Waals surface area contributed by atoms with Gasteiger partial charge in [0.15, 0.2) is 11.5 Å². The number of amides is 1. The molecule has 25 heavy (non-hydrogen) atoms. The third-order valence-corrected chi connectivity index (χ3v) is 3.40. The van der Waals surface area contributed by atoms with Crippen LogP contribution in [-0.4, -0.2) is 27.2 Å². The number of alkyl halides is 3. The Morgan fingerprint density at radius 3 is 2.20 bits per heavy atom. The number of methoxy groups -OCH3 is 3. The van der Waals surface area contributed by atoms with Crippen LogP contribution in [-0.2, 0) is 6.18 Å². The Morgan fingerprint density at radius 2 is 1.64 bits per heavy atom. The smallest absolute Gasteiger partial charge is 0.416 e. The van der Waals surface area contributed by atoms with Gasteiger partial charge in [0.05, 0.1) is 32.5 Å². The lowest BCUT2D eigenvalue weighted by atomic mass is 10.1. The minimum absolute atomic E-state index is 0.0108. The van der Waals surface area contributed by atoms with E-state index in [0.717, 1.165) is 12.1 Å². The normalized spacial score (nSPS) is 11.0. The second kappa shape index (κ2) is 7.33. The summed E-state index contributed by atoms with van der Waals surface area (Å²) >= 11 is 0. The van der Waals surface area contributed by atoms with Crippen LogP contribution >= 0.6 is 0 Å². The molecule has 2 aromatic carbocycles. The van der Waals surface area contributed by atoms with Crippen molar-refractivity contribution in [1.29, 1.82) is 0 Å². The Hall–Kier alpha value is -2.90. The van der Waals surface area contributed by atoms with Crippen molar-refractivity contribution in [2.24, 2.45) is 0 Å². The summed E-state index contributed by atoms with van der Waals surface area (Å²) in [6.07, 6.45) is -4.50. The number of hydrogen-bond acceptors (Lipinski definition) is 4. The lowest BCUT2D eigenvalue weighted by Crippen LogP contribution is -2.15. The average molecular weight is 355 g/mol. The molecule has 0 heterocycles. The van der Waals surface area contributed by atoms with Crippen molar-refractivity contribution in [2.45, 2.75) is 6.18 Å². The molecule has 0 aliphatic heterocycles. The summed E-state index contributed by atoms with van der Waals surface area (Å²) < 4.78 is 53.8. The Bertz CT molecular complexity index is 775. The SMILES string of the molecule is COc1ccc(C(=O)Nc2cccc(C(F)(F)F)c2)c(OC)c1OC. The Balaban J connectivity index is 2.36. The molecule has 2 aromatic rings. The molecule has 1 amide bonds. The standard InChI is InChI=1S/C17H16F3NO4/c1-23-13-8-7-12(14(24-2)15(13)25-3)16(22)21-11-6-4-5-10(9-11)17(18,19)20/h4-9H,1-3H3,(H,21,22). The summed E-state index contributed by atoms with van der Waals surface area (Å²) in [6.45, 7) is 0. The van der Waals surface area contributed by atoms with Gasteiger partial charge in [-0.05, 0) is 30.3 Å². The van der Waals surface area contributed by atoms with Gasteiger partial charge in [0.25, 0.3) is 5.91 Å². The number of ether oxygens (including phenoxy) is 3. The van der Waals surface area contributed by atoms with E-state index in [9.17, 15) is 18.0 Å². The number of carbonyl (C=O) groups is 1. The fourth-order valence-corrected chi connectivity index (χ4v) is 2.25. The zero-order valence-corrected chi connectivity index (χ0v) is 13.7. The number of carbonyl (C=O) groups excluding carboxylic acids is 1. The maximum Gasteiger partial charge on any atom is 0.416 e. The number of halogens is 3. The van der Waals surface area contributed by atoms with Crippen molar-refractivity contribution in [1.82, 2.24) is 0 Å². The van der Waals surface area contributed by atoms with E-state index in [-0.39, 0.29) is 22.7 Å². The molecular weight excluding hydrogens is 339 g/mol. The van der Waals surface area contributed by atoms with Gasteiger partial charge in [-0.15, -0.1) is 0 Å². The average Bonchev–Trinajstić information content (AvgIpc) is 2.59. The van der Waals surface area contributed by atoms with Gasteiger partial charge >= 0.3 is 6.18 Å². The predicted octanol–water partition coefficient (Wildman–Crippen LogP) is 3.98. The molecule has 5 nitrogen and oxygen atoms in total. The second-order valence-corrected chi connectivity index (χ2v) is 4.91. The minimum atomic E-state index is -4.50. The van der Waals surface area contributed by atoms with Gasteiger partial charge in [-0.3, -0.25) is 4.79 Å². The number of anilines is 1. The van der Waals surface area contributed by atoms with Gasteiger partial charge in [-0.2, -0.15) is 13.2 Å². The van der Waals surface area contributed by atoms with Crippen LogP contribution in [0.2, 0.25) is 0 Å². The van der Waals surface area contributed by atoms with E-state index in [1.54, 1.807) is 0 Å². The van der Waals surface area contributed by atoms with Crippen LogP contribution in [0.5, 0.6) is 17.2 Å². The quantitative estimate of drug-likeness (QED) is 0.881. The molecule has 0 atom stereocenters. The van der Waals surface area contributed by atoms with Gasteiger partial charge in [0.2, 0.25) is 5.75 Å². The molecule has 1 N–H and O–H groups in total. The lowest BCUT2D eigenvalue weighted by Gasteiger charge is -2.16. The highest BCUT2D eigenvalue weighted by molar-refractivity contribution is 6.07. The van der Waals surface area contributed by atoms with Gasteiger partial charge in [0, 0.05) is 5.69 Å². The van der Waals surface area contributed by atoms with Crippen molar-refractivity contribution >= 4 is 11.6 Å². The van der Waals surface area contributed by atoms with Gasteiger partial charge in [-0.25, -0.2) is 0 Å². The minimum Gasteiger partial charge on any atom is -0.493 e. The largest absolute Gasteiger partial charge is 0.493 e. The van der Waals surface area contributed by atoms with E-state index in [1.807, 2.05) is 0 Å². The highest BCUT2D eigenvalue weighted by Crippen LogP contribution is 2.40. The zero-order chi connectivity index (χ0) is 18.6. The van der Waals surface area contributed by atoms with Crippen molar-refractivity contribution in [3.63, 3.8) is 0 Å². The molecule has 2 rings (SSSR count). The van der Waals surface area contributed by atoms with Crippen LogP contribution in [0.1, 0.15) is 15.9 Å². The Morgan fingerprint density at radius 1 is 0.960 bits per heavy atom. The lowest BCUT2D eigenvalue weighted by molar-refractivity contribution is -0.137. The molecule has 0 saturated carbocycles. The Kier molecular flexibility index (Phi) is 5.41. The maximum absolute atomic E-state index is 12.8. The van der Waals surface area contributed by atoms with E-state index in [1.165, 1.54) is 45.6 Å². The molecule has 0 unspecified atom stereocenters. The van der Waals surface area contributed by atoms with E-state index < -0.39 is 17.6 Å². The van der Waals surface area contributed by atoms with Crippen molar-refractivity contribution in [3.05, 3.63) is 47.5 Å². The summed E-state index contributed by atoms with van der Waals surface area (Å²) in [4.78, 5) is 12.5. The molecule has 0 aromatic heterocycles. The highest BCUT2D eigenvalue weighted by Gasteiger charge is 2.30. The van der Waals surface area contributed by atoms with Crippen LogP contribution in [0.4, 0.5) is 18.9 Å². The van der Waals surface area contributed by atoms with E-state index in [0.29, 0.717) is 5.75 Å². The first-order chi connectivity index (χ1) is 11.8. The summed E-state index contributed by atoms with van der Waals surface area (Å²) in [5.41, 5.74) is -0.751. The van der Waals surface area contributed by atoms with E-state index >= 15 is 0 Å². The molecule has 0 spiro atoms. The highest BCUT2D eigenvalue weighted by atomic mass is 19.4. The molecule has 0 aliphatic rings. The predicted molar refractivity (Wildman–Crippen MR) is 85.5 cm³/mol. The van der Waals surface area contributed by atoms with Crippen molar-refractivity contribution in [2.75, 3.05) is 26.6 Å². The summed E-state index contributed by atoms with van der Waals surface area (Å²) in [5.74, 6) is 0.0418. The maximum atomic E-state index is 12.8. The topological polar surface area (TPSA) is 56.8 Å². The van der Waals surface area contributed by atoms with Crippen LogP contribution in [0.25, 0.3) is 0 Å². The number of hydrogen-bond donors (Lipinski definition) is 1. The summed E-state index contributed by atoms with van der Waals surface area (Å²) in [5, 5.41) is 2.42. The summed E-state index contributed by atoms with van der Waals surface area (Å²) in [6, 6.07) is 7.29. The third-order valence-electron chi connectivity index (χ3n) is 3.40. The van der Waals surface area contributed by atoms with Crippen LogP contribution < -0.4 is 19.5 Å². The third kappa shape index (κ3) is 3.96. The number of nitrogens with one attached hydrogen (secondary N) is 1. The van der Waals surface area contributed by atoms with E-state index in [2.05, 4.69) is 5.32 Å². The first-order valence-electron chi connectivity index (χ1n) is 7.09. The van der Waals surface area contributed by atoms with Crippen LogP contribution in [0.15, 0.2) is 36.4 Å². The molecule has 0 radical (unpaired) electrons. The fraction of sp³-hybridized carbons (Fsp3) is 0.235. The summed E-state index contributed by atoms with van der Waals surface area (Å²) in [7, 11) is 4.16. The first-order valence-corrected chi connectivity index (χ1v) is 7.09. The second-order valence-electron chi connectivity index (χ2n) is 4.91. The van der Waals surface area contributed by atoms with Gasteiger partial charge in [-0.1, -0.05) is 6.07 Å². The monoisotopic (exact) mass is 355 g/mol. The molecule has 8 heteroatoms. The van der Waals surface area contributed by atoms with Crippen molar-refractivity contribution in [3.8, 4) is 17.2 Å². The number of rotatable bonds is 5. The molecule has 0 saturated heterocycles. The van der Waals surface area contributed by atoms with E-state index in [4.69, 9.17) is 14.2 Å². The van der Waals surface area contributed by atoms with Gasteiger partial charge in [0.1, 0.15) is 0 Å². The molecule has 0 aliphatic carbocycles. The number of benzene rings is 2. The molecular formula is C17H16F3NO4. The van der Waals surface area contributed by atoms with Crippen LogP contribution in [0.3, 0.4) is 0 Å². The Labute approximate surface area is 142 Å². The fourth-order valence-electron chi connectivity index (χ4n) is 2.25. The van der Waals surface area contributed by atoms with Crippen molar-refractivity contribution < 1.29 is 32.2 Å². The van der Waals surface area contributed by atoms with Gasteiger partial charge < -0.3 is 19.5 Å². The van der Waals surface area contributed by atoms with Crippen LogP contribution in [0, 0.1) is 0 Å². The zero-order valence-electron chi connectivity index (χ0n) is 13.7. The molecule has 134 valence electrons. The molecule has 0 bridgehead atoms. The first kappa shape index (κ1) is 18.4.